The molecule has 156 valence electrons. The van der Waals surface area contributed by atoms with Crippen LogP contribution in [0.3, 0.4) is 0 Å². The van der Waals surface area contributed by atoms with Crippen molar-refractivity contribution in [3.8, 4) is 5.88 Å². The Morgan fingerprint density at radius 2 is 2.03 bits per heavy atom. The molecule has 30 heavy (non-hydrogen) atoms. The minimum atomic E-state index is -0.315. The molecule has 0 aliphatic carbocycles. The highest BCUT2D eigenvalue weighted by Gasteiger charge is 2.22. The molecular formula is C21H22FN5O3. The Balaban J connectivity index is 1.40. The monoisotopic (exact) mass is 411 g/mol. The zero-order chi connectivity index (χ0) is 21.1. The van der Waals surface area contributed by atoms with Crippen LogP contribution < -0.4 is 15.7 Å². The van der Waals surface area contributed by atoms with Gasteiger partial charge in [-0.25, -0.2) is 18.9 Å². The van der Waals surface area contributed by atoms with Gasteiger partial charge < -0.3 is 10.1 Å². The van der Waals surface area contributed by atoms with Crippen LogP contribution >= 0.6 is 0 Å². The van der Waals surface area contributed by atoms with Gasteiger partial charge in [0.2, 0.25) is 5.88 Å². The van der Waals surface area contributed by atoms with Crippen LogP contribution in [-0.4, -0.2) is 38.4 Å². The van der Waals surface area contributed by atoms with Gasteiger partial charge in [0.15, 0.2) is 0 Å². The molecule has 4 rings (SSSR count). The first-order chi connectivity index (χ1) is 14.5. The van der Waals surface area contributed by atoms with Gasteiger partial charge in [-0.1, -0.05) is 12.1 Å². The number of aryl methyl sites for hydroxylation is 1. The lowest BCUT2D eigenvalue weighted by molar-refractivity contribution is 0.0932. The lowest BCUT2D eigenvalue weighted by atomic mass is 10.1. The number of nitrogens with one attached hydrogen (secondary N) is 1. The zero-order valence-corrected chi connectivity index (χ0v) is 16.5. The topological polar surface area (TPSA) is 91.0 Å². The summed E-state index contributed by atoms with van der Waals surface area (Å²) in [7, 11) is 1.52. The molecule has 2 aromatic heterocycles. The van der Waals surface area contributed by atoms with Gasteiger partial charge in [0, 0.05) is 31.3 Å². The van der Waals surface area contributed by atoms with Crippen molar-refractivity contribution in [1.82, 2.24) is 24.6 Å². The number of aromatic nitrogens is 4. The number of hydrogen-bond acceptors (Lipinski definition) is 5. The molecular weight excluding hydrogens is 389 g/mol. The first-order valence-corrected chi connectivity index (χ1v) is 9.75. The van der Waals surface area contributed by atoms with Crippen LogP contribution in [0.25, 0.3) is 0 Å². The van der Waals surface area contributed by atoms with Gasteiger partial charge in [-0.05, 0) is 36.6 Å². The van der Waals surface area contributed by atoms with Crippen LogP contribution in [0.2, 0.25) is 0 Å². The van der Waals surface area contributed by atoms with E-state index in [0.717, 1.165) is 5.56 Å². The van der Waals surface area contributed by atoms with Crippen LogP contribution in [0.15, 0.2) is 47.4 Å². The molecule has 1 aromatic carbocycles. The van der Waals surface area contributed by atoms with Crippen molar-refractivity contribution in [1.29, 1.82) is 0 Å². The van der Waals surface area contributed by atoms with Crippen molar-refractivity contribution in [2.45, 2.75) is 38.4 Å². The molecule has 0 bridgehead atoms. The predicted molar refractivity (Wildman–Crippen MR) is 107 cm³/mol. The number of ether oxygens (including phenoxy) is 1. The largest absolute Gasteiger partial charge is 0.481 e. The van der Waals surface area contributed by atoms with E-state index in [4.69, 9.17) is 4.74 Å². The number of carbonyl (C=O) groups is 1. The Kier molecular flexibility index (Phi) is 5.60. The molecule has 1 aliphatic heterocycles. The maximum Gasteiger partial charge on any atom is 0.346 e. The minimum Gasteiger partial charge on any atom is -0.481 e. The predicted octanol–water partition coefficient (Wildman–Crippen LogP) is 1.77. The third-order valence-electron chi connectivity index (χ3n) is 5.21. The molecule has 0 saturated carbocycles. The standard InChI is InChI=1S/C21H22FN5O3/c1-30-19-9-4-15(12-23-19)20(28)24-17-7-8-18-25-27(21(29)26(18)11-10-17)13-14-2-5-16(22)6-3-14/h2-6,9,12,17H,7-8,10-11,13H2,1H3,(H,24,28). The second-order valence-electron chi connectivity index (χ2n) is 7.22. The normalized spacial score (nSPS) is 15.9. The van der Waals surface area contributed by atoms with Crippen molar-refractivity contribution < 1.29 is 13.9 Å². The van der Waals surface area contributed by atoms with Gasteiger partial charge >= 0.3 is 5.69 Å². The van der Waals surface area contributed by atoms with Gasteiger partial charge in [0.1, 0.15) is 11.6 Å². The quantitative estimate of drug-likeness (QED) is 0.691. The summed E-state index contributed by atoms with van der Waals surface area (Å²) in [5, 5.41) is 7.47. The van der Waals surface area contributed by atoms with E-state index in [-0.39, 0.29) is 23.5 Å². The SMILES string of the molecule is COc1ccc(C(=O)NC2CCc3nn(Cc4ccc(F)cc4)c(=O)n3CC2)cn1. The summed E-state index contributed by atoms with van der Waals surface area (Å²) < 4.78 is 21.1. The molecule has 0 saturated heterocycles. The third-order valence-corrected chi connectivity index (χ3v) is 5.21. The van der Waals surface area contributed by atoms with Gasteiger partial charge in [-0.2, -0.15) is 5.10 Å². The molecule has 0 spiro atoms. The van der Waals surface area contributed by atoms with E-state index in [1.807, 2.05) is 0 Å². The number of rotatable bonds is 5. The molecule has 9 heteroatoms. The third kappa shape index (κ3) is 4.24. The molecule has 0 radical (unpaired) electrons. The fourth-order valence-corrected chi connectivity index (χ4v) is 3.54. The Hall–Kier alpha value is -3.49. The summed E-state index contributed by atoms with van der Waals surface area (Å²) in [5.74, 6) is 0.627. The highest BCUT2D eigenvalue weighted by molar-refractivity contribution is 5.94. The minimum absolute atomic E-state index is 0.0637. The zero-order valence-electron chi connectivity index (χ0n) is 16.5. The summed E-state index contributed by atoms with van der Waals surface area (Å²) in [4.78, 5) is 29.3. The van der Waals surface area contributed by atoms with Gasteiger partial charge in [0.25, 0.3) is 5.91 Å². The summed E-state index contributed by atoms with van der Waals surface area (Å²) in [6.07, 6.45) is 3.37. The van der Waals surface area contributed by atoms with Crippen molar-refractivity contribution in [3.63, 3.8) is 0 Å². The molecule has 3 heterocycles. The van der Waals surface area contributed by atoms with E-state index in [0.29, 0.717) is 49.6 Å². The number of benzene rings is 1. The van der Waals surface area contributed by atoms with Crippen LogP contribution in [0.1, 0.15) is 34.6 Å². The second-order valence-corrected chi connectivity index (χ2v) is 7.22. The van der Waals surface area contributed by atoms with Crippen LogP contribution in [0.4, 0.5) is 4.39 Å². The van der Waals surface area contributed by atoms with Crippen LogP contribution in [0, 0.1) is 5.82 Å². The number of hydrogen-bond donors (Lipinski definition) is 1. The van der Waals surface area contributed by atoms with Crippen LogP contribution in [0.5, 0.6) is 5.88 Å². The number of amides is 1. The van der Waals surface area contributed by atoms with Gasteiger partial charge in [0.05, 0.1) is 19.2 Å². The van der Waals surface area contributed by atoms with E-state index in [1.54, 1.807) is 28.8 Å². The smallest absolute Gasteiger partial charge is 0.346 e. The lowest BCUT2D eigenvalue weighted by Crippen LogP contribution is -2.36. The molecule has 1 aliphatic rings. The summed E-state index contributed by atoms with van der Waals surface area (Å²) in [6.45, 7) is 0.771. The molecule has 8 nitrogen and oxygen atoms in total. The lowest BCUT2D eigenvalue weighted by Gasteiger charge is -2.16. The molecule has 1 amide bonds. The molecule has 1 atom stereocenters. The average molecular weight is 411 g/mol. The highest BCUT2D eigenvalue weighted by atomic mass is 19.1. The van der Waals surface area contributed by atoms with E-state index >= 15 is 0 Å². The van der Waals surface area contributed by atoms with Crippen molar-refractivity contribution in [2.24, 2.45) is 0 Å². The summed E-state index contributed by atoms with van der Waals surface area (Å²) in [6, 6.07) is 9.27. The Morgan fingerprint density at radius 1 is 1.23 bits per heavy atom. The van der Waals surface area contributed by atoms with Crippen molar-refractivity contribution in [3.05, 3.63) is 75.8 Å². The first kappa shape index (κ1) is 19.8. The van der Waals surface area contributed by atoms with E-state index in [1.165, 1.54) is 30.1 Å². The van der Waals surface area contributed by atoms with Crippen molar-refractivity contribution >= 4 is 5.91 Å². The number of nitrogens with zero attached hydrogens (tertiary/aromatic N) is 4. The fraction of sp³-hybridized carbons (Fsp3) is 0.333. The molecule has 1 unspecified atom stereocenters. The number of pyridine rings is 1. The summed E-state index contributed by atoms with van der Waals surface area (Å²) >= 11 is 0. The highest BCUT2D eigenvalue weighted by Crippen LogP contribution is 2.14. The Morgan fingerprint density at radius 3 is 2.73 bits per heavy atom. The van der Waals surface area contributed by atoms with E-state index in [9.17, 15) is 14.0 Å². The maximum atomic E-state index is 13.1. The second kappa shape index (κ2) is 8.48. The van der Waals surface area contributed by atoms with Gasteiger partial charge in [-0.15, -0.1) is 0 Å². The van der Waals surface area contributed by atoms with Crippen LogP contribution in [-0.2, 0) is 19.5 Å². The number of methoxy groups -OCH3 is 1. The number of carbonyl (C=O) groups excluding carboxylic acids is 1. The molecule has 3 aromatic rings. The molecule has 0 fully saturated rings. The summed E-state index contributed by atoms with van der Waals surface area (Å²) in [5.41, 5.74) is 1.07. The maximum absolute atomic E-state index is 13.1. The number of halogens is 1. The molecule has 1 N–H and O–H groups in total. The number of fused-ring (bicyclic) bond motifs is 1. The fourth-order valence-electron chi connectivity index (χ4n) is 3.54. The average Bonchev–Trinajstić information content (AvgIpc) is 2.92. The van der Waals surface area contributed by atoms with E-state index < -0.39 is 0 Å². The first-order valence-electron chi connectivity index (χ1n) is 9.75. The Labute approximate surface area is 172 Å². The van der Waals surface area contributed by atoms with Gasteiger partial charge in [-0.3, -0.25) is 9.36 Å². The Bertz CT molecular complexity index is 1090. The van der Waals surface area contributed by atoms with Crippen molar-refractivity contribution in [2.75, 3.05) is 7.11 Å². The van der Waals surface area contributed by atoms with E-state index in [2.05, 4.69) is 15.4 Å².